The van der Waals surface area contributed by atoms with Gasteiger partial charge < -0.3 is 16.4 Å². The molecule has 1 amide bonds. The second kappa shape index (κ2) is 7.59. The summed E-state index contributed by atoms with van der Waals surface area (Å²) in [6, 6.07) is 13.5. The third kappa shape index (κ3) is 3.61. The number of rotatable bonds is 4. The predicted molar refractivity (Wildman–Crippen MR) is 118 cm³/mol. The first-order chi connectivity index (χ1) is 15.1. The number of anilines is 4. The standard InChI is InChI=1S/C22H17N3O6S/c1-11(26)24-12-6-8-13(9-7-12)25-16-10-17(32(29,30)31)20(23)19-18(16)21(27)14-4-2-3-5-15(14)22(19)28/h2-10,25H,23H2,1H3,(H,24,26)(H,29,30,31). The number of carbonyl (C=O) groups is 3. The fourth-order valence-electron chi connectivity index (χ4n) is 3.60. The van der Waals surface area contributed by atoms with Crippen LogP contribution in [0.2, 0.25) is 0 Å². The van der Waals surface area contributed by atoms with E-state index in [0.717, 1.165) is 6.07 Å². The van der Waals surface area contributed by atoms with Crippen LogP contribution in [0.4, 0.5) is 22.7 Å². The van der Waals surface area contributed by atoms with Gasteiger partial charge in [-0.15, -0.1) is 0 Å². The second-order valence-corrected chi connectivity index (χ2v) is 8.54. The molecule has 0 saturated heterocycles. The highest BCUT2D eigenvalue weighted by Crippen LogP contribution is 2.40. The van der Waals surface area contributed by atoms with E-state index in [0.29, 0.717) is 11.4 Å². The molecule has 3 aromatic carbocycles. The van der Waals surface area contributed by atoms with E-state index in [9.17, 15) is 27.4 Å². The van der Waals surface area contributed by atoms with Crippen LogP contribution in [0.15, 0.2) is 59.5 Å². The zero-order valence-corrected chi connectivity index (χ0v) is 17.5. The van der Waals surface area contributed by atoms with E-state index in [1.165, 1.54) is 19.1 Å². The Bertz CT molecular complexity index is 1410. The van der Waals surface area contributed by atoms with E-state index in [1.807, 2.05) is 0 Å². The maximum atomic E-state index is 13.2. The van der Waals surface area contributed by atoms with Gasteiger partial charge in [0.1, 0.15) is 4.90 Å². The molecule has 32 heavy (non-hydrogen) atoms. The Morgan fingerprint density at radius 1 is 0.906 bits per heavy atom. The van der Waals surface area contributed by atoms with Crippen molar-refractivity contribution in [1.29, 1.82) is 0 Å². The van der Waals surface area contributed by atoms with E-state index >= 15 is 0 Å². The molecule has 0 unspecified atom stereocenters. The molecule has 162 valence electrons. The van der Waals surface area contributed by atoms with Gasteiger partial charge in [0.2, 0.25) is 5.91 Å². The van der Waals surface area contributed by atoms with Crippen molar-refractivity contribution < 1.29 is 27.4 Å². The van der Waals surface area contributed by atoms with Gasteiger partial charge in [-0.2, -0.15) is 8.42 Å². The molecule has 0 aromatic heterocycles. The van der Waals surface area contributed by atoms with Crippen molar-refractivity contribution in [2.75, 3.05) is 16.4 Å². The molecule has 0 heterocycles. The molecule has 0 radical (unpaired) electrons. The zero-order valence-electron chi connectivity index (χ0n) is 16.7. The molecular weight excluding hydrogens is 434 g/mol. The molecule has 1 aliphatic rings. The summed E-state index contributed by atoms with van der Waals surface area (Å²) in [5.74, 6) is -1.39. The Kier molecular flexibility index (Phi) is 5.03. The lowest BCUT2D eigenvalue weighted by Crippen LogP contribution is -2.25. The van der Waals surface area contributed by atoms with Gasteiger partial charge in [-0.05, 0) is 30.3 Å². The highest BCUT2D eigenvalue weighted by atomic mass is 32.2. The van der Waals surface area contributed by atoms with Crippen LogP contribution >= 0.6 is 0 Å². The lowest BCUT2D eigenvalue weighted by atomic mass is 9.82. The average molecular weight is 451 g/mol. The molecule has 10 heteroatoms. The summed E-state index contributed by atoms with van der Waals surface area (Å²) >= 11 is 0. The molecule has 0 spiro atoms. The number of fused-ring (bicyclic) bond motifs is 2. The Balaban J connectivity index is 1.90. The van der Waals surface area contributed by atoms with Gasteiger partial charge in [-0.1, -0.05) is 24.3 Å². The van der Waals surface area contributed by atoms with E-state index < -0.39 is 32.3 Å². The van der Waals surface area contributed by atoms with Crippen LogP contribution in [-0.4, -0.2) is 30.4 Å². The van der Waals surface area contributed by atoms with Crippen LogP contribution < -0.4 is 16.4 Å². The highest BCUT2D eigenvalue weighted by Gasteiger charge is 2.36. The Hall–Kier alpha value is -4.02. The summed E-state index contributed by atoms with van der Waals surface area (Å²) in [5, 5.41) is 5.53. The minimum absolute atomic E-state index is 0.0121. The largest absolute Gasteiger partial charge is 0.397 e. The molecule has 0 fully saturated rings. The van der Waals surface area contributed by atoms with Crippen LogP contribution in [0.1, 0.15) is 38.8 Å². The number of hydrogen-bond donors (Lipinski definition) is 4. The molecule has 5 N–H and O–H groups in total. The molecular formula is C22H17N3O6S. The van der Waals surface area contributed by atoms with E-state index in [1.54, 1.807) is 36.4 Å². The minimum Gasteiger partial charge on any atom is -0.397 e. The van der Waals surface area contributed by atoms with Gasteiger partial charge in [0, 0.05) is 29.4 Å². The number of ketones is 2. The number of carbonyl (C=O) groups excluding carboxylic acids is 3. The first kappa shape index (κ1) is 21.2. The van der Waals surface area contributed by atoms with Crippen LogP contribution in [0.3, 0.4) is 0 Å². The van der Waals surface area contributed by atoms with Crippen molar-refractivity contribution in [2.24, 2.45) is 0 Å². The molecule has 3 aromatic rings. The summed E-state index contributed by atoms with van der Waals surface area (Å²) in [4.78, 5) is 36.9. The van der Waals surface area contributed by atoms with Crippen LogP contribution in [0.25, 0.3) is 0 Å². The highest BCUT2D eigenvalue weighted by molar-refractivity contribution is 7.86. The summed E-state index contributed by atoms with van der Waals surface area (Å²) < 4.78 is 33.5. The molecule has 1 aliphatic carbocycles. The number of hydrogen-bond acceptors (Lipinski definition) is 7. The average Bonchev–Trinajstić information content (AvgIpc) is 2.73. The van der Waals surface area contributed by atoms with Crippen LogP contribution in [0, 0.1) is 0 Å². The summed E-state index contributed by atoms with van der Waals surface area (Å²) in [6.45, 7) is 1.37. The predicted octanol–water partition coefficient (Wildman–Crippen LogP) is 2.99. The van der Waals surface area contributed by atoms with E-state index in [-0.39, 0.29) is 33.8 Å². The van der Waals surface area contributed by atoms with Crippen molar-refractivity contribution in [3.05, 3.63) is 76.9 Å². The molecule has 0 atom stereocenters. The zero-order chi connectivity index (χ0) is 23.2. The SMILES string of the molecule is CC(=O)Nc1ccc(Nc2cc(S(=O)(=O)O)c(N)c3c2C(=O)c2ccccc2C3=O)cc1. The summed E-state index contributed by atoms with van der Waals surface area (Å²) in [7, 11) is -4.80. The third-order valence-electron chi connectivity index (χ3n) is 4.96. The smallest absolute Gasteiger partial charge is 0.296 e. The number of nitrogens with one attached hydrogen (secondary N) is 2. The molecule has 0 bridgehead atoms. The molecule has 0 saturated carbocycles. The normalized spacial score (nSPS) is 12.7. The second-order valence-electron chi connectivity index (χ2n) is 7.15. The van der Waals surface area contributed by atoms with Gasteiger partial charge in [0.15, 0.2) is 11.6 Å². The summed E-state index contributed by atoms with van der Waals surface area (Å²) in [6.07, 6.45) is 0. The molecule has 0 aliphatic heterocycles. The quantitative estimate of drug-likeness (QED) is 0.273. The first-order valence-electron chi connectivity index (χ1n) is 9.35. The van der Waals surface area contributed by atoms with Crippen molar-refractivity contribution in [2.45, 2.75) is 11.8 Å². The Morgan fingerprint density at radius 3 is 1.97 bits per heavy atom. The topological polar surface area (TPSA) is 156 Å². The number of nitrogen functional groups attached to an aromatic ring is 1. The fourth-order valence-corrected chi connectivity index (χ4v) is 4.25. The van der Waals surface area contributed by atoms with E-state index in [4.69, 9.17) is 5.73 Å². The van der Waals surface area contributed by atoms with Gasteiger partial charge in [-0.3, -0.25) is 18.9 Å². The number of amides is 1. The van der Waals surface area contributed by atoms with Gasteiger partial charge in [0.25, 0.3) is 10.1 Å². The Labute approximate surface area is 183 Å². The van der Waals surface area contributed by atoms with Crippen molar-refractivity contribution in [3.8, 4) is 0 Å². The van der Waals surface area contributed by atoms with E-state index in [2.05, 4.69) is 10.6 Å². The third-order valence-corrected chi connectivity index (χ3v) is 5.86. The van der Waals surface area contributed by atoms with Crippen LogP contribution in [-0.2, 0) is 14.9 Å². The fraction of sp³-hybridized carbons (Fsp3) is 0.0455. The number of nitrogens with two attached hydrogens (primary N) is 1. The van der Waals surface area contributed by atoms with Crippen molar-refractivity contribution >= 4 is 50.3 Å². The molecule has 9 nitrogen and oxygen atoms in total. The monoisotopic (exact) mass is 451 g/mol. The summed E-state index contributed by atoms with van der Waals surface area (Å²) in [5.41, 5.74) is 6.27. The van der Waals surface area contributed by atoms with Crippen LogP contribution in [0.5, 0.6) is 0 Å². The maximum absolute atomic E-state index is 13.2. The number of benzene rings is 3. The van der Waals surface area contributed by atoms with Gasteiger partial charge >= 0.3 is 0 Å². The molecule has 4 rings (SSSR count). The Morgan fingerprint density at radius 2 is 1.44 bits per heavy atom. The van der Waals surface area contributed by atoms with Crippen molar-refractivity contribution in [3.63, 3.8) is 0 Å². The lowest BCUT2D eigenvalue weighted by Gasteiger charge is -2.23. The van der Waals surface area contributed by atoms with Crippen molar-refractivity contribution in [1.82, 2.24) is 0 Å². The first-order valence-corrected chi connectivity index (χ1v) is 10.8. The van der Waals surface area contributed by atoms with Gasteiger partial charge in [-0.25, -0.2) is 0 Å². The van der Waals surface area contributed by atoms with Gasteiger partial charge in [0.05, 0.1) is 22.5 Å². The lowest BCUT2D eigenvalue weighted by molar-refractivity contribution is -0.114. The minimum atomic E-state index is -4.80. The maximum Gasteiger partial charge on any atom is 0.296 e.